The summed E-state index contributed by atoms with van der Waals surface area (Å²) in [6.07, 6.45) is 3.98. The zero-order valence-electron chi connectivity index (χ0n) is 13.5. The lowest BCUT2D eigenvalue weighted by Gasteiger charge is -2.36. The Balaban J connectivity index is 2.40. The number of carbonyl (C=O) groups excluding carboxylic acids is 1. The van der Waals surface area contributed by atoms with Gasteiger partial charge in [-0.3, -0.25) is 4.79 Å². The van der Waals surface area contributed by atoms with Gasteiger partial charge in [-0.25, -0.2) is 0 Å². The Hall–Kier alpha value is -0.570. The van der Waals surface area contributed by atoms with E-state index < -0.39 is 0 Å². The highest BCUT2D eigenvalue weighted by Gasteiger charge is 2.39. The number of hydrogen-bond donors (Lipinski definition) is 1. The van der Waals surface area contributed by atoms with Crippen molar-refractivity contribution in [2.24, 2.45) is 17.3 Å². The van der Waals surface area contributed by atoms with Crippen molar-refractivity contribution in [3.05, 3.63) is 0 Å². The summed E-state index contributed by atoms with van der Waals surface area (Å²) in [5.74, 6) is 0.944. The predicted molar refractivity (Wildman–Crippen MR) is 81.1 cm³/mol. The van der Waals surface area contributed by atoms with Gasteiger partial charge in [0.15, 0.2) is 0 Å². The Bertz CT molecular complexity index is 272. The summed E-state index contributed by atoms with van der Waals surface area (Å²) in [6.45, 7) is 14.8. The van der Waals surface area contributed by atoms with Gasteiger partial charge in [-0.1, -0.05) is 41.0 Å². The molecule has 0 spiro atoms. The highest BCUT2D eigenvalue weighted by Crippen LogP contribution is 2.35. The quantitative estimate of drug-likeness (QED) is 0.803. The minimum absolute atomic E-state index is 0.217. The van der Waals surface area contributed by atoms with Crippen LogP contribution in [-0.2, 0) is 4.79 Å². The fraction of sp³-hybridized carbons (Fsp3) is 0.938. The number of rotatable bonds is 6. The van der Waals surface area contributed by atoms with Crippen LogP contribution in [-0.4, -0.2) is 37.0 Å². The molecule has 3 nitrogen and oxygen atoms in total. The number of nitrogens with one attached hydrogen (secondary N) is 1. The van der Waals surface area contributed by atoms with Crippen LogP contribution in [0.3, 0.4) is 0 Å². The topological polar surface area (TPSA) is 32.3 Å². The lowest BCUT2D eigenvalue weighted by atomic mass is 9.70. The van der Waals surface area contributed by atoms with Crippen molar-refractivity contribution in [1.82, 2.24) is 10.2 Å². The summed E-state index contributed by atoms with van der Waals surface area (Å²) in [5.41, 5.74) is -0.262. The van der Waals surface area contributed by atoms with Crippen molar-refractivity contribution in [2.75, 3.05) is 26.2 Å². The van der Waals surface area contributed by atoms with E-state index >= 15 is 0 Å². The highest BCUT2D eigenvalue weighted by atomic mass is 16.2. The normalized spacial score (nSPS) is 18.1. The Morgan fingerprint density at radius 1 is 1.11 bits per heavy atom. The van der Waals surface area contributed by atoms with E-state index in [4.69, 9.17) is 0 Å². The smallest absolute Gasteiger partial charge is 0.226 e. The van der Waals surface area contributed by atoms with Crippen LogP contribution in [0.2, 0.25) is 0 Å². The monoisotopic (exact) mass is 268 g/mol. The first-order chi connectivity index (χ1) is 8.89. The van der Waals surface area contributed by atoms with E-state index in [9.17, 15) is 4.79 Å². The molecular formula is C16H32N2O. The highest BCUT2D eigenvalue weighted by molar-refractivity contribution is 5.82. The number of hydrogen-bond acceptors (Lipinski definition) is 2. The molecule has 1 aliphatic rings. The van der Waals surface area contributed by atoms with Crippen molar-refractivity contribution in [3.8, 4) is 0 Å². The van der Waals surface area contributed by atoms with E-state index in [2.05, 4.69) is 44.8 Å². The number of likely N-dealkylation sites (tertiary alicyclic amines) is 1. The molecule has 1 saturated heterocycles. The third-order valence-electron chi connectivity index (χ3n) is 5.05. The van der Waals surface area contributed by atoms with Crippen molar-refractivity contribution < 1.29 is 4.79 Å². The number of amides is 1. The largest absolute Gasteiger partial charge is 0.354 e. The Labute approximate surface area is 119 Å². The molecule has 1 amide bonds. The summed E-state index contributed by atoms with van der Waals surface area (Å²) < 4.78 is 0. The molecule has 112 valence electrons. The predicted octanol–water partition coefficient (Wildman–Crippen LogP) is 2.91. The zero-order valence-corrected chi connectivity index (χ0v) is 13.5. The molecule has 19 heavy (non-hydrogen) atoms. The summed E-state index contributed by atoms with van der Waals surface area (Å²) in [6, 6.07) is 0. The van der Waals surface area contributed by atoms with Gasteiger partial charge in [0, 0.05) is 13.1 Å². The standard InChI is InChI=1S/C16H32N2O/c1-13(2)16(5,14(3)4)15(19)17-9-12-18-10-7-6-8-11-18/h13-14H,6-12H2,1-5H3,(H,17,19). The molecule has 0 radical (unpaired) electrons. The van der Waals surface area contributed by atoms with Crippen LogP contribution < -0.4 is 5.32 Å². The van der Waals surface area contributed by atoms with Crippen LogP contribution >= 0.6 is 0 Å². The maximum atomic E-state index is 12.5. The Morgan fingerprint density at radius 3 is 2.11 bits per heavy atom. The summed E-state index contributed by atoms with van der Waals surface area (Å²) in [4.78, 5) is 14.9. The molecule has 0 bridgehead atoms. The molecule has 0 aromatic heterocycles. The molecule has 1 rings (SSSR count). The summed E-state index contributed by atoms with van der Waals surface area (Å²) >= 11 is 0. The molecular weight excluding hydrogens is 236 g/mol. The molecule has 1 N–H and O–H groups in total. The van der Waals surface area contributed by atoms with E-state index in [-0.39, 0.29) is 11.3 Å². The van der Waals surface area contributed by atoms with Crippen molar-refractivity contribution in [1.29, 1.82) is 0 Å². The molecule has 0 aliphatic carbocycles. The molecule has 1 aliphatic heterocycles. The van der Waals surface area contributed by atoms with Crippen molar-refractivity contribution >= 4 is 5.91 Å². The minimum atomic E-state index is -0.262. The van der Waals surface area contributed by atoms with Gasteiger partial charge in [-0.05, 0) is 37.8 Å². The average Bonchev–Trinajstić information content (AvgIpc) is 2.38. The van der Waals surface area contributed by atoms with Crippen LogP contribution in [0.4, 0.5) is 0 Å². The third kappa shape index (κ3) is 4.20. The molecule has 0 saturated carbocycles. The molecule has 1 fully saturated rings. The van der Waals surface area contributed by atoms with Gasteiger partial charge in [0.2, 0.25) is 5.91 Å². The van der Waals surface area contributed by atoms with Crippen LogP contribution in [0.25, 0.3) is 0 Å². The van der Waals surface area contributed by atoms with Crippen LogP contribution in [0.1, 0.15) is 53.9 Å². The fourth-order valence-electron chi connectivity index (χ4n) is 2.89. The van der Waals surface area contributed by atoms with Gasteiger partial charge < -0.3 is 10.2 Å². The number of piperidine rings is 1. The number of nitrogens with zero attached hydrogens (tertiary/aromatic N) is 1. The number of carbonyl (C=O) groups is 1. The first-order valence-corrected chi connectivity index (χ1v) is 7.89. The van der Waals surface area contributed by atoms with Gasteiger partial charge >= 0.3 is 0 Å². The first kappa shape index (κ1) is 16.5. The molecule has 1 heterocycles. The molecule has 0 aromatic rings. The summed E-state index contributed by atoms with van der Waals surface area (Å²) in [7, 11) is 0. The van der Waals surface area contributed by atoms with Crippen LogP contribution in [0.15, 0.2) is 0 Å². The molecule has 0 unspecified atom stereocenters. The van der Waals surface area contributed by atoms with Gasteiger partial charge in [-0.2, -0.15) is 0 Å². The van der Waals surface area contributed by atoms with Crippen molar-refractivity contribution in [3.63, 3.8) is 0 Å². The molecule has 0 atom stereocenters. The Morgan fingerprint density at radius 2 is 1.63 bits per heavy atom. The van der Waals surface area contributed by atoms with E-state index in [1.807, 2.05) is 0 Å². The van der Waals surface area contributed by atoms with E-state index in [0.29, 0.717) is 11.8 Å². The van der Waals surface area contributed by atoms with E-state index in [0.717, 1.165) is 13.1 Å². The van der Waals surface area contributed by atoms with Crippen molar-refractivity contribution in [2.45, 2.75) is 53.9 Å². The van der Waals surface area contributed by atoms with Gasteiger partial charge in [0.1, 0.15) is 0 Å². The van der Waals surface area contributed by atoms with E-state index in [1.165, 1.54) is 32.4 Å². The van der Waals surface area contributed by atoms with Crippen LogP contribution in [0, 0.1) is 17.3 Å². The third-order valence-corrected chi connectivity index (χ3v) is 5.05. The van der Waals surface area contributed by atoms with Crippen LogP contribution in [0.5, 0.6) is 0 Å². The lowest BCUT2D eigenvalue weighted by Crippen LogP contribution is -2.48. The van der Waals surface area contributed by atoms with E-state index in [1.54, 1.807) is 0 Å². The van der Waals surface area contributed by atoms with Gasteiger partial charge in [-0.15, -0.1) is 0 Å². The lowest BCUT2D eigenvalue weighted by molar-refractivity contribution is -0.135. The first-order valence-electron chi connectivity index (χ1n) is 7.89. The van der Waals surface area contributed by atoms with Gasteiger partial charge in [0.05, 0.1) is 5.41 Å². The SMILES string of the molecule is CC(C)C(C)(C(=O)NCCN1CCCCC1)C(C)C. The zero-order chi connectivity index (χ0) is 14.5. The second-order valence-corrected chi connectivity index (χ2v) is 6.75. The maximum absolute atomic E-state index is 12.5. The fourth-order valence-corrected chi connectivity index (χ4v) is 2.89. The second-order valence-electron chi connectivity index (χ2n) is 6.75. The maximum Gasteiger partial charge on any atom is 0.226 e. The molecule has 0 aromatic carbocycles. The molecule has 3 heteroatoms. The second kappa shape index (κ2) is 7.28. The average molecular weight is 268 g/mol. The van der Waals surface area contributed by atoms with Gasteiger partial charge in [0.25, 0.3) is 0 Å². The summed E-state index contributed by atoms with van der Waals surface area (Å²) in [5, 5.41) is 3.15. The minimum Gasteiger partial charge on any atom is -0.354 e. The Kier molecular flexibility index (Phi) is 6.31.